The first kappa shape index (κ1) is 11.1. The maximum absolute atomic E-state index is 10.8. The van der Waals surface area contributed by atoms with Crippen molar-refractivity contribution in [3.8, 4) is 0 Å². The maximum atomic E-state index is 10.8. The van der Waals surface area contributed by atoms with E-state index in [0.29, 0.717) is 5.56 Å². The normalized spacial score (nSPS) is 9.43. The van der Waals surface area contributed by atoms with E-state index in [0.717, 1.165) is 10.8 Å². The second kappa shape index (κ2) is 4.47. The third kappa shape index (κ3) is 1.91. The predicted octanol–water partition coefficient (Wildman–Crippen LogP) is 1.35. The Balaban J connectivity index is 0.000000980. The van der Waals surface area contributed by atoms with Gasteiger partial charge in [-0.3, -0.25) is 0 Å². The van der Waals surface area contributed by atoms with Crippen LogP contribution in [0.3, 0.4) is 0 Å². The molecule has 3 heteroatoms. The number of hydrogen-bond acceptors (Lipinski definition) is 1. The third-order valence-corrected chi connectivity index (χ3v) is 2.02. The van der Waals surface area contributed by atoms with Crippen molar-refractivity contribution in [2.75, 3.05) is 0 Å². The molecule has 2 aromatic rings. The Morgan fingerprint density at radius 1 is 1.00 bits per heavy atom. The third-order valence-electron chi connectivity index (χ3n) is 2.02. The van der Waals surface area contributed by atoms with E-state index >= 15 is 0 Å². The molecule has 14 heavy (non-hydrogen) atoms. The van der Waals surface area contributed by atoms with Crippen molar-refractivity contribution in [3.63, 3.8) is 0 Å². The molecule has 2 nitrogen and oxygen atoms in total. The number of hydrogen-bond donors (Lipinski definition) is 1. The van der Waals surface area contributed by atoms with Crippen LogP contribution in [0.2, 0.25) is 0 Å². The van der Waals surface area contributed by atoms with Gasteiger partial charge in [-0.05, 0) is 16.8 Å². The van der Waals surface area contributed by atoms with Crippen LogP contribution in [0, 0.1) is 0 Å². The van der Waals surface area contributed by atoms with E-state index in [1.54, 1.807) is 12.1 Å². The van der Waals surface area contributed by atoms with Crippen LogP contribution in [0.5, 0.6) is 0 Å². The van der Waals surface area contributed by atoms with Crippen LogP contribution < -0.4 is 0 Å². The van der Waals surface area contributed by atoms with Crippen LogP contribution in [0.1, 0.15) is 10.4 Å². The van der Waals surface area contributed by atoms with Crippen molar-refractivity contribution in [3.05, 3.63) is 48.0 Å². The number of aromatic carboxylic acids is 1. The summed E-state index contributed by atoms with van der Waals surface area (Å²) in [6, 6.07) is 12.7. The van der Waals surface area contributed by atoms with Crippen LogP contribution in [0.25, 0.3) is 10.8 Å². The van der Waals surface area contributed by atoms with Gasteiger partial charge in [0.05, 0.1) is 5.56 Å². The molecule has 0 aliphatic rings. The van der Waals surface area contributed by atoms with Crippen molar-refractivity contribution in [2.24, 2.45) is 0 Å². The average Bonchev–Trinajstić information content (AvgIpc) is 2.17. The summed E-state index contributed by atoms with van der Waals surface area (Å²) in [5, 5.41) is 10.6. The Morgan fingerprint density at radius 3 is 2.36 bits per heavy atom. The molecule has 2 rings (SSSR count). The summed E-state index contributed by atoms with van der Waals surface area (Å²) in [7, 11) is 0. The first-order chi connectivity index (χ1) is 6.29. The molecule has 0 heterocycles. The Hall–Kier alpha value is -1.01. The number of carboxylic acid groups (broad SMARTS) is 1. The fraction of sp³-hybridized carbons (Fsp3) is 0. The van der Waals surface area contributed by atoms with Crippen LogP contribution in [-0.2, 0) is 0 Å². The van der Waals surface area contributed by atoms with Crippen LogP contribution in [0.4, 0.5) is 0 Å². The van der Waals surface area contributed by atoms with Crippen LogP contribution in [0.15, 0.2) is 42.5 Å². The molecule has 0 atom stereocenters. The number of carbonyl (C=O) groups is 1. The van der Waals surface area contributed by atoms with Crippen molar-refractivity contribution in [1.29, 1.82) is 0 Å². The van der Waals surface area contributed by atoms with Gasteiger partial charge in [0, 0.05) is 0 Å². The van der Waals surface area contributed by atoms with Crippen molar-refractivity contribution in [1.82, 2.24) is 0 Å². The molecule has 0 spiro atoms. The summed E-state index contributed by atoms with van der Waals surface area (Å²) in [6.07, 6.45) is 0. The number of rotatable bonds is 1. The molecule has 0 saturated heterocycles. The van der Waals surface area contributed by atoms with Gasteiger partial charge in [-0.1, -0.05) is 36.4 Å². The fourth-order valence-corrected chi connectivity index (χ4v) is 1.41. The van der Waals surface area contributed by atoms with Crippen molar-refractivity contribution < 1.29 is 9.90 Å². The second-order valence-electron chi connectivity index (χ2n) is 2.83. The van der Waals surface area contributed by atoms with Gasteiger partial charge in [-0.25, -0.2) is 4.79 Å². The van der Waals surface area contributed by atoms with Crippen LogP contribution in [-0.4, -0.2) is 35.5 Å². The van der Waals surface area contributed by atoms with E-state index in [-0.39, 0.29) is 24.4 Å². The van der Waals surface area contributed by atoms with Gasteiger partial charge in [0.25, 0.3) is 0 Å². The molecule has 0 bridgehead atoms. The minimum atomic E-state index is -0.878. The molecule has 72 valence electrons. The molecule has 0 unspecified atom stereocenters. The zero-order valence-electron chi connectivity index (χ0n) is 7.60. The van der Waals surface area contributed by atoms with Crippen LogP contribution >= 0.6 is 0 Å². The van der Waals surface area contributed by atoms with E-state index in [4.69, 9.17) is 5.11 Å². The first-order valence-corrected chi connectivity index (χ1v) is 4.00. The van der Waals surface area contributed by atoms with Gasteiger partial charge in [0.2, 0.25) is 0 Å². The van der Waals surface area contributed by atoms with Crippen molar-refractivity contribution in [2.45, 2.75) is 0 Å². The van der Waals surface area contributed by atoms with Gasteiger partial charge in [-0.15, -0.1) is 0 Å². The molecule has 0 aliphatic heterocycles. The number of benzene rings is 2. The topological polar surface area (TPSA) is 37.3 Å². The Bertz CT molecular complexity index is 460. The molecule has 0 fully saturated rings. The standard InChI is InChI=1S/C11H8O2.Sb.3H/c12-11(13)10-7-3-5-8-4-1-2-6-9(8)10;;;;/h1-7H,(H,12,13);;;;. The Kier molecular flexibility index (Phi) is 3.54. The van der Waals surface area contributed by atoms with E-state index in [1.165, 1.54) is 0 Å². The quantitative estimate of drug-likeness (QED) is 0.807. The predicted molar refractivity (Wildman–Crippen MR) is 60.8 cm³/mol. The summed E-state index contributed by atoms with van der Waals surface area (Å²) >= 11 is 0. The van der Waals surface area contributed by atoms with E-state index in [9.17, 15) is 4.79 Å². The minimum absolute atomic E-state index is 0. The monoisotopic (exact) mass is 296 g/mol. The number of fused-ring (bicyclic) bond motifs is 1. The first-order valence-electron chi connectivity index (χ1n) is 4.00. The Morgan fingerprint density at radius 2 is 1.64 bits per heavy atom. The molecule has 0 saturated carbocycles. The van der Waals surface area contributed by atoms with Gasteiger partial charge >= 0.3 is 30.4 Å². The summed E-state index contributed by atoms with van der Waals surface area (Å²) in [5.74, 6) is -0.878. The van der Waals surface area contributed by atoms with Gasteiger partial charge in [0.15, 0.2) is 0 Å². The SMILES string of the molecule is O=C(O)c1cccc2ccccc12.[SbH3]. The zero-order chi connectivity index (χ0) is 9.26. The van der Waals surface area contributed by atoms with E-state index < -0.39 is 5.97 Å². The summed E-state index contributed by atoms with van der Waals surface area (Å²) in [4.78, 5) is 10.8. The second-order valence-corrected chi connectivity index (χ2v) is 2.83. The average molecular weight is 297 g/mol. The summed E-state index contributed by atoms with van der Waals surface area (Å²) in [6.45, 7) is 0. The van der Waals surface area contributed by atoms with Gasteiger partial charge in [-0.2, -0.15) is 0 Å². The van der Waals surface area contributed by atoms with Gasteiger partial charge in [0.1, 0.15) is 0 Å². The van der Waals surface area contributed by atoms with E-state index in [1.807, 2.05) is 30.3 Å². The number of carboxylic acids is 1. The molecule has 0 aliphatic carbocycles. The van der Waals surface area contributed by atoms with E-state index in [2.05, 4.69) is 0 Å². The molecule has 1 N–H and O–H groups in total. The molecular formula is C11H11O2Sb. The molecule has 0 amide bonds. The molecule has 2 aromatic carbocycles. The summed E-state index contributed by atoms with van der Waals surface area (Å²) < 4.78 is 0. The van der Waals surface area contributed by atoms with Crippen molar-refractivity contribution >= 4 is 41.2 Å². The molecular weight excluding hydrogens is 286 g/mol. The molecule has 0 radical (unpaired) electrons. The zero-order valence-corrected chi connectivity index (χ0v) is 11.6. The van der Waals surface area contributed by atoms with Gasteiger partial charge < -0.3 is 5.11 Å². The summed E-state index contributed by atoms with van der Waals surface area (Å²) in [5.41, 5.74) is 0.359. The fourth-order valence-electron chi connectivity index (χ4n) is 1.41. The Labute approximate surface area is 99.0 Å². The molecule has 0 aromatic heterocycles.